The van der Waals surface area contributed by atoms with Gasteiger partial charge in [-0.05, 0) is 37.1 Å². The molecule has 2 aromatic rings. The third kappa shape index (κ3) is 2.76. The van der Waals surface area contributed by atoms with E-state index in [4.69, 9.17) is 5.73 Å². The lowest BCUT2D eigenvalue weighted by Crippen LogP contribution is -2.45. The summed E-state index contributed by atoms with van der Waals surface area (Å²) >= 11 is 0. The molecule has 2 rings (SSSR count). The number of hydrogen-bond acceptors (Lipinski definition) is 2. The van der Waals surface area contributed by atoms with Crippen molar-refractivity contribution >= 4 is 11.6 Å². The van der Waals surface area contributed by atoms with E-state index >= 15 is 0 Å². The monoisotopic (exact) mass is 254 g/mol. The van der Waals surface area contributed by atoms with Crippen LogP contribution < -0.4 is 11.1 Å². The number of anilines is 1. The van der Waals surface area contributed by atoms with Crippen LogP contribution in [0.3, 0.4) is 0 Å². The fourth-order valence-corrected chi connectivity index (χ4v) is 2.06. The van der Waals surface area contributed by atoms with E-state index in [0.29, 0.717) is 0 Å². The third-order valence-electron chi connectivity index (χ3n) is 3.26. The summed E-state index contributed by atoms with van der Waals surface area (Å²) in [7, 11) is 0. The molecule has 0 heterocycles. The molecule has 3 N–H and O–H groups in total. The number of carbonyl (C=O) groups excluding carboxylic acids is 1. The summed E-state index contributed by atoms with van der Waals surface area (Å²) in [6.45, 7) is 3.81. The van der Waals surface area contributed by atoms with Crippen LogP contribution in [0.5, 0.6) is 0 Å². The number of rotatable bonds is 4. The lowest BCUT2D eigenvalue weighted by Gasteiger charge is -2.29. The van der Waals surface area contributed by atoms with Gasteiger partial charge in [0.05, 0.1) is 0 Å². The van der Waals surface area contributed by atoms with Gasteiger partial charge in [-0.15, -0.1) is 0 Å². The van der Waals surface area contributed by atoms with Crippen LogP contribution in [0.15, 0.2) is 54.6 Å². The highest BCUT2D eigenvalue weighted by Crippen LogP contribution is 2.26. The zero-order valence-electron chi connectivity index (χ0n) is 11.2. The van der Waals surface area contributed by atoms with Crippen LogP contribution >= 0.6 is 0 Å². The van der Waals surface area contributed by atoms with Gasteiger partial charge in [-0.25, -0.2) is 0 Å². The molecule has 0 aromatic heterocycles. The normalized spacial score (nSPS) is 13.6. The number of nitrogens with one attached hydrogen (secondary N) is 1. The second-order valence-electron chi connectivity index (χ2n) is 4.85. The first-order chi connectivity index (χ1) is 9.02. The van der Waals surface area contributed by atoms with Gasteiger partial charge in [0.15, 0.2) is 0 Å². The van der Waals surface area contributed by atoms with E-state index in [0.717, 1.165) is 16.8 Å². The van der Waals surface area contributed by atoms with Crippen molar-refractivity contribution in [2.45, 2.75) is 19.4 Å². The van der Waals surface area contributed by atoms with Crippen LogP contribution in [0.1, 0.15) is 18.1 Å². The van der Waals surface area contributed by atoms with Crippen molar-refractivity contribution in [3.05, 3.63) is 65.7 Å². The number of amides is 1. The molecule has 1 amide bonds. The number of benzene rings is 2. The number of primary amides is 1. The minimum Gasteiger partial charge on any atom is -0.368 e. The van der Waals surface area contributed by atoms with E-state index < -0.39 is 11.4 Å². The Morgan fingerprint density at radius 3 is 2.37 bits per heavy atom. The quantitative estimate of drug-likeness (QED) is 0.881. The molecule has 0 spiro atoms. The first-order valence-electron chi connectivity index (χ1n) is 6.22. The van der Waals surface area contributed by atoms with E-state index in [1.807, 2.05) is 61.5 Å². The molecular weight excluding hydrogens is 236 g/mol. The number of nitrogens with two attached hydrogens (primary N) is 1. The predicted molar refractivity (Wildman–Crippen MR) is 77.8 cm³/mol. The first kappa shape index (κ1) is 13.1. The molecule has 0 radical (unpaired) electrons. The van der Waals surface area contributed by atoms with Crippen molar-refractivity contribution in [1.29, 1.82) is 0 Å². The molecule has 0 saturated heterocycles. The number of hydrogen-bond donors (Lipinski definition) is 2. The molecule has 0 saturated carbocycles. The first-order valence-corrected chi connectivity index (χ1v) is 6.22. The summed E-state index contributed by atoms with van der Waals surface area (Å²) in [5.41, 5.74) is 7.53. The third-order valence-corrected chi connectivity index (χ3v) is 3.26. The maximum Gasteiger partial charge on any atom is 0.247 e. The molecule has 98 valence electrons. The Bertz CT molecular complexity index is 580. The van der Waals surface area contributed by atoms with Crippen molar-refractivity contribution in [1.82, 2.24) is 0 Å². The summed E-state index contributed by atoms with van der Waals surface area (Å²) in [5, 5.41) is 3.24. The summed E-state index contributed by atoms with van der Waals surface area (Å²) in [6, 6.07) is 17.4. The molecule has 1 atom stereocenters. The Morgan fingerprint density at radius 1 is 1.11 bits per heavy atom. The predicted octanol–water partition coefficient (Wildman–Crippen LogP) is 2.81. The minimum atomic E-state index is -0.922. The van der Waals surface area contributed by atoms with Crippen LogP contribution in [0.25, 0.3) is 0 Å². The average Bonchev–Trinajstić information content (AvgIpc) is 2.39. The van der Waals surface area contributed by atoms with Crippen LogP contribution in [-0.2, 0) is 10.3 Å². The Balaban J connectivity index is 2.39. The molecule has 0 aliphatic carbocycles. The summed E-state index contributed by atoms with van der Waals surface area (Å²) in [5.74, 6) is -0.403. The van der Waals surface area contributed by atoms with Gasteiger partial charge >= 0.3 is 0 Å². The molecular formula is C16H18N2O. The Labute approximate surface area is 113 Å². The van der Waals surface area contributed by atoms with E-state index in [9.17, 15) is 4.79 Å². The van der Waals surface area contributed by atoms with Gasteiger partial charge in [-0.2, -0.15) is 0 Å². The van der Waals surface area contributed by atoms with Crippen molar-refractivity contribution in [3.8, 4) is 0 Å². The SMILES string of the molecule is Cc1cccc(NC(C)(C(N)=O)c2ccccc2)c1. The maximum absolute atomic E-state index is 11.9. The topological polar surface area (TPSA) is 55.1 Å². The molecule has 3 nitrogen and oxygen atoms in total. The standard InChI is InChI=1S/C16H18N2O/c1-12-7-6-10-14(11-12)18-16(2,15(17)19)13-8-4-3-5-9-13/h3-11,18H,1-2H3,(H2,17,19). The maximum atomic E-state index is 11.9. The fraction of sp³-hybridized carbons (Fsp3) is 0.188. The van der Waals surface area contributed by atoms with Crippen molar-refractivity contribution in [2.24, 2.45) is 5.73 Å². The Hall–Kier alpha value is -2.29. The van der Waals surface area contributed by atoms with E-state index in [-0.39, 0.29) is 0 Å². The van der Waals surface area contributed by atoms with Crippen LogP contribution in [0, 0.1) is 6.92 Å². The van der Waals surface area contributed by atoms with E-state index in [1.54, 1.807) is 6.92 Å². The van der Waals surface area contributed by atoms with Crippen molar-refractivity contribution in [3.63, 3.8) is 0 Å². The highest BCUT2D eigenvalue weighted by Gasteiger charge is 2.32. The molecule has 0 bridgehead atoms. The van der Waals surface area contributed by atoms with Gasteiger partial charge in [0, 0.05) is 5.69 Å². The highest BCUT2D eigenvalue weighted by molar-refractivity contribution is 5.89. The van der Waals surface area contributed by atoms with Gasteiger partial charge in [-0.1, -0.05) is 42.5 Å². The van der Waals surface area contributed by atoms with Crippen LogP contribution in [0.4, 0.5) is 5.69 Å². The second kappa shape index (κ2) is 5.14. The van der Waals surface area contributed by atoms with Gasteiger partial charge in [-0.3, -0.25) is 4.79 Å². The zero-order valence-corrected chi connectivity index (χ0v) is 11.2. The Kier molecular flexibility index (Phi) is 3.56. The van der Waals surface area contributed by atoms with Gasteiger partial charge in [0.2, 0.25) is 5.91 Å². The summed E-state index contributed by atoms with van der Waals surface area (Å²) in [4.78, 5) is 11.9. The van der Waals surface area contributed by atoms with Gasteiger partial charge in [0.25, 0.3) is 0 Å². The van der Waals surface area contributed by atoms with E-state index in [1.165, 1.54) is 0 Å². The number of carbonyl (C=O) groups is 1. The van der Waals surface area contributed by atoms with E-state index in [2.05, 4.69) is 5.32 Å². The fourth-order valence-electron chi connectivity index (χ4n) is 2.06. The smallest absolute Gasteiger partial charge is 0.247 e. The summed E-state index contributed by atoms with van der Waals surface area (Å²) < 4.78 is 0. The zero-order chi connectivity index (χ0) is 13.9. The largest absolute Gasteiger partial charge is 0.368 e. The molecule has 0 aliphatic rings. The van der Waals surface area contributed by atoms with Gasteiger partial charge < -0.3 is 11.1 Å². The molecule has 1 unspecified atom stereocenters. The molecule has 0 fully saturated rings. The van der Waals surface area contributed by atoms with Crippen molar-refractivity contribution < 1.29 is 4.79 Å². The minimum absolute atomic E-state index is 0.403. The molecule has 3 heteroatoms. The highest BCUT2D eigenvalue weighted by atomic mass is 16.1. The Morgan fingerprint density at radius 2 is 1.79 bits per heavy atom. The van der Waals surface area contributed by atoms with Gasteiger partial charge in [0.1, 0.15) is 5.54 Å². The van der Waals surface area contributed by atoms with Crippen molar-refractivity contribution in [2.75, 3.05) is 5.32 Å². The average molecular weight is 254 g/mol. The van der Waals surface area contributed by atoms with Crippen LogP contribution in [0.2, 0.25) is 0 Å². The second-order valence-corrected chi connectivity index (χ2v) is 4.85. The molecule has 0 aliphatic heterocycles. The lowest BCUT2D eigenvalue weighted by molar-refractivity contribution is -0.122. The number of aryl methyl sites for hydroxylation is 1. The van der Waals surface area contributed by atoms with Crippen LogP contribution in [-0.4, -0.2) is 5.91 Å². The molecule has 19 heavy (non-hydrogen) atoms. The lowest BCUT2D eigenvalue weighted by atomic mass is 9.91. The summed E-state index contributed by atoms with van der Waals surface area (Å²) in [6.07, 6.45) is 0. The molecule has 2 aromatic carbocycles.